The van der Waals surface area contributed by atoms with E-state index in [1.165, 1.54) is 36.0 Å². The molecular formula is C13H18O. The van der Waals surface area contributed by atoms with E-state index in [1.807, 2.05) is 6.07 Å². The molecule has 76 valence electrons. The molecule has 0 unspecified atom stereocenters. The summed E-state index contributed by atoms with van der Waals surface area (Å²) in [6.07, 6.45) is 4.91. The Balaban J connectivity index is 2.55. The fraction of sp³-hybridized carbons (Fsp3) is 0.538. The summed E-state index contributed by atoms with van der Waals surface area (Å²) in [6.45, 7) is 4.31. The van der Waals surface area contributed by atoms with Crippen LogP contribution in [0.1, 0.15) is 49.3 Å². The molecule has 1 aliphatic carbocycles. The van der Waals surface area contributed by atoms with E-state index >= 15 is 0 Å². The molecule has 0 aromatic heterocycles. The summed E-state index contributed by atoms with van der Waals surface area (Å²) in [5.74, 6) is 0.920. The zero-order valence-electron chi connectivity index (χ0n) is 9.01. The molecule has 2 rings (SSSR count). The maximum Gasteiger partial charge on any atom is 0.119 e. The lowest BCUT2D eigenvalue weighted by Crippen LogP contribution is -2.07. The SMILES string of the molecule is CC(C)c1c(O)ccc2c1CCCC2. The van der Waals surface area contributed by atoms with Crippen LogP contribution in [0.3, 0.4) is 0 Å². The molecule has 0 bridgehead atoms. The topological polar surface area (TPSA) is 20.2 Å². The molecule has 0 radical (unpaired) electrons. The number of hydrogen-bond acceptors (Lipinski definition) is 1. The van der Waals surface area contributed by atoms with Gasteiger partial charge >= 0.3 is 0 Å². The Bertz CT molecular complexity index is 339. The normalized spacial score (nSPS) is 15.6. The first kappa shape index (κ1) is 9.57. The van der Waals surface area contributed by atoms with Gasteiger partial charge in [0.2, 0.25) is 0 Å². The van der Waals surface area contributed by atoms with Crippen molar-refractivity contribution < 1.29 is 5.11 Å². The van der Waals surface area contributed by atoms with Crippen LogP contribution < -0.4 is 0 Å². The smallest absolute Gasteiger partial charge is 0.119 e. The monoisotopic (exact) mass is 190 g/mol. The zero-order chi connectivity index (χ0) is 10.1. The molecule has 14 heavy (non-hydrogen) atoms. The van der Waals surface area contributed by atoms with E-state index in [2.05, 4.69) is 19.9 Å². The van der Waals surface area contributed by atoms with E-state index in [9.17, 15) is 5.11 Å². The van der Waals surface area contributed by atoms with Crippen molar-refractivity contribution in [3.05, 3.63) is 28.8 Å². The molecule has 1 aliphatic rings. The molecule has 0 spiro atoms. The molecule has 1 nitrogen and oxygen atoms in total. The van der Waals surface area contributed by atoms with Gasteiger partial charge in [0.1, 0.15) is 5.75 Å². The van der Waals surface area contributed by atoms with Crippen LogP contribution in [-0.2, 0) is 12.8 Å². The summed E-state index contributed by atoms with van der Waals surface area (Å²) in [5, 5.41) is 9.84. The number of phenols is 1. The average Bonchev–Trinajstić information content (AvgIpc) is 2.17. The summed E-state index contributed by atoms with van der Waals surface area (Å²) >= 11 is 0. The summed E-state index contributed by atoms with van der Waals surface area (Å²) in [6, 6.07) is 3.95. The molecule has 1 aromatic carbocycles. The van der Waals surface area contributed by atoms with Crippen molar-refractivity contribution in [2.24, 2.45) is 0 Å². The molecule has 0 amide bonds. The molecule has 0 fully saturated rings. The van der Waals surface area contributed by atoms with E-state index in [1.54, 1.807) is 0 Å². The Morgan fingerprint density at radius 2 is 1.86 bits per heavy atom. The lowest BCUT2D eigenvalue weighted by Gasteiger charge is -2.22. The van der Waals surface area contributed by atoms with Crippen molar-refractivity contribution in [1.29, 1.82) is 0 Å². The van der Waals surface area contributed by atoms with E-state index in [0.29, 0.717) is 11.7 Å². The standard InChI is InChI=1S/C13H18O/c1-9(2)13-11-6-4-3-5-10(11)7-8-12(13)14/h7-9,14H,3-6H2,1-2H3. The lowest BCUT2D eigenvalue weighted by atomic mass is 9.84. The van der Waals surface area contributed by atoms with Crippen molar-refractivity contribution in [3.8, 4) is 5.75 Å². The van der Waals surface area contributed by atoms with Gasteiger partial charge in [-0.05, 0) is 54.4 Å². The minimum Gasteiger partial charge on any atom is -0.508 e. The van der Waals surface area contributed by atoms with Gasteiger partial charge in [-0.2, -0.15) is 0 Å². The van der Waals surface area contributed by atoms with Gasteiger partial charge in [0, 0.05) is 0 Å². The van der Waals surface area contributed by atoms with Gasteiger partial charge < -0.3 is 5.11 Å². The minimum atomic E-state index is 0.433. The second-order valence-corrected chi connectivity index (χ2v) is 4.50. The average molecular weight is 190 g/mol. The van der Waals surface area contributed by atoms with Gasteiger partial charge in [-0.25, -0.2) is 0 Å². The van der Waals surface area contributed by atoms with Crippen LogP contribution in [0, 0.1) is 0 Å². The maximum absolute atomic E-state index is 9.84. The van der Waals surface area contributed by atoms with Crippen molar-refractivity contribution in [2.75, 3.05) is 0 Å². The van der Waals surface area contributed by atoms with Gasteiger partial charge in [-0.3, -0.25) is 0 Å². The Labute approximate surface area is 85.8 Å². The predicted molar refractivity (Wildman–Crippen MR) is 58.8 cm³/mol. The highest BCUT2D eigenvalue weighted by Gasteiger charge is 2.17. The van der Waals surface area contributed by atoms with Gasteiger partial charge in [0.15, 0.2) is 0 Å². The van der Waals surface area contributed by atoms with E-state index < -0.39 is 0 Å². The van der Waals surface area contributed by atoms with E-state index in [-0.39, 0.29) is 0 Å². The number of aryl methyl sites for hydroxylation is 1. The van der Waals surface area contributed by atoms with Crippen LogP contribution in [0.25, 0.3) is 0 Å². The first-order valence-corrected chi connectivity index (χ1v) is 5.53. The number of fused-ring (bicyclic) bond motifs is 1. The molecular weight excluding hydrogens is 172 g/mol. The second kappa shape index (κ2) is 3.64. The molecule has 1 heteroatoms. The highest BCUT2D eigenvalue weighted by atomic mass is 16.3. The van der Waals surface area contributed by atoms with Gasteiger partial charge in [0.25, 0.3) is 0 Å². The molecule has 0 saturated heterocycles. The Hall–Kier alpha value is -0.980. The van der Waals surface area contributed by atoms with Gasteiger partial charge in [-0.1, -0.05) is 19.9 Å². The lowest BCUT2D eigenvalue weighted by molar-refractivity contribution is 0.461. The van der Waals surface area contributed by atoms with Gasteiger partial charge in [-0.15, -0.1) is 0 Å². The van der Waals surface area contributed by atoms with Crippen LogP contribution in [0.15, 0.2) is 12.1 Å². The second-order valence-electron chi connectivity index (χ2n) is 4.50. The summed E-state index contributed by atoms with van der Waals surface area (Å²) in [4.78, 5) is 0. The highest BCUT2D eigenvalue weighted by molar-refractivity contribution is 5.47. The Kier molecular flexibility index (Phi) is 2.49. The number of phenolic OH excluding ortho intramolecular Hbond substituents is 1. The fourth-order valence-electron chi connectivity index (χ4n) is 2.49. The quantitative estimate of drug-likeness (QED) is 0.719. The minimum absolute atomic E-state index is 0.433. The summed E-state index contributed by atoms with van der Waals surface area (Å²) < 4.78 is 0. The van der Waals surface area contributed by atoms with Crippen molar-refractivity contribution in [2.45, 2.75) is 45.4 Å². The van der Waals surface area contributed by atoms with Crippen LogP contribution in [-0.4, -0.2) is 5.11 Å². The summed E-state index contributed by atoms with van der Waals surface area (Å²) in [5.41, 5.74) is 4.06. The van der Waals surface area contributed by atoms with Crippen molar-refractivity contribution in [1.82, 2.24) is 0 Å². The maximum atomic E-state index is 9.84. The third-order valence-electron chi connectivity index (χ3n) is 3.13. The molecule has 0 saturated carbocycles. The Morgan fingerprint density at radius 1 is 1.14 bits per heavy atom. The van der Waals surface area contributed by atoms with Crippen LogP contribution >= 0.6 is 0 Å². The zero-order valence-corrected chi connectivity index (χ0v) is 9.01. The number of rotatable bonds is 1. The van der Waals surface area contributed by atoms with Crippen LogP contribution in [0.5, 0.6) is 5.75 Å². The number of hydrogen-bond donors (Lipinski definition) is 1. The molecule has 0 aliphatic heterocycles. The fourth-order valence-corrected chi connectivity index (χ4v) is 2.49. The van der Waals surface area contributed by atoms with Crippen LogP contribution in [0.4, 0.5) is 0 Å². The third-order valence-corrected chi connectivity index (χ3v) is 3.13. The Morgan fingerprint density at radius 3 is 2.57 bits per heavy atom. The van der Waals surface area contributed by atoms with Crippen molar-refractivity contribution >= 4 is 0 Å². The van der Waals surface area contributed by atoms with E-state index in [4.69, 9.17) is 0 Å². The number of benzene rings is 1. The van der Waals surface area contributed by atoms with Crippen molar-refractivity contribution in [3.63, 3.8) is 0 Å². The summed E-state index contributed by atoms with van der Waals surface area (Å²) in [7, 11) is 0. The third kappa shape index (κ3) is 1.52. The number of aromatic hydroxyl groups is 1. The largest absolute Gasteiger partial charge is 0.508 e. The molecule has 1 N–H and O–H groups in total. The highest BCUT2D eigenvalue weighted by Crippen LogP contribution is 2.35. The first-order valence-electron chi connectivity index (χ1n) is 5.53. The first-order chi connectivity index (χ1) is 6.70. The van der Waals surface area contributed by atoms with Crippen LogP contribution in [0.2, 0.25) is 0 Å². The van der Waals surface area contributed by atoms with Gasteiger partial charge in [0.05, 0.1) is 0 Å². The molecule has 1 aromatic rings. The van der Waals surface area contributed by atoms with E-state index in [0.717, 1.165) is 6.42 Å². The predicted octanol–water partition coefficient (Wildman–Crippen LogP) is 3.39. The molecule has 0 atom stereocenters. The molecule has 0 heterocycles.